The van der Waals surface area contributed by atoms with Gasteiger partial charge in [-0.05, 0) is 25.1 Å². The second-order valence-corrected chi connectivity index (χ2v) is 3.83. The summed E-state index contributed by atoms with van der Waals surface area (Å²) in [4.78, 5) is 0. The van der Waals surface area contributed by atoms with Crippen LogP contribution < -0.4 is 15.8 Å². The van der Waals surface area contributed by atoms with E-state index in [2.05, 4.69) is 5.32 Å². The summed E-state index contributed by atoms with van der Waals surface area (Å²) in [5, 5.41) is 3.84. The summed E-state index contributed by atoms with van der Waals surface area (Å²) >= 11 is 5.97. The number of anilines is 1. The molecule has 1 aromatic rings. The van der Waals surface area contributed by atoms with Crippen LogP contribution in [0.1, 0.15) is 6.42 Å². The first-order valence-electron chi connectivity index (χ1n) is 4.68. The summed E-state index contributed by atoms with van der Waals surface area (Å²) in [6.45, 7) is 1.88. The first kappa shape index (κ1) is 9.62. The van der Waals surface area contributed by atoms with Gasteiger partial charge < -0.3 is 15.8 Å². The van der Waals surface area contributed by atoms with E-state index in [0.29, 0.717) is 16.5 Å². The highest BCUT2D eigenvalue weighted by molar-refractivity contribution is 6.32. The molecule has 0 saturated carbocycles. The Bertz CT molecular complexity index is 324. The molecule has 1 saturated heterocycles. The predicted octanol–water partition coefficient (Wildman–Crippen LogP) is 1.66. The van der Waals surface area contributed by atoms with Gasteiger partial charge in [-0.25, -0.2) is 0 Å². The number of rotatable bonds is 2. The normalized spacial score (nSPS) is 21.1. The van der Waals surface area contributed by atoms with E-state index in [1.807, 2.05) is 0 Å². The number of nitrogen functional groups attached to an aromatic ring is 1. The van der Waals surface area contributed by atoms with Crippen molar-refractivity contribution in [3.8, 4) is 5.75 Å². The summed E-state index contributed by atoms with van der Waals surface area (Å²) in [6, 6.07) is 5.29. The van der Waals surface area contributed by atoms with E-state index in [1.165, 1.54) is 0 Å². The van der Waals surface area contributed by atoms with Crippen molar-refractivity contribution >= 4 is 17.3 Å². The maximum atomic E-state index is 5.97. The van der Waals surface area contributed by atoms with E-state index in [9.17, 15) is 0 Å². The van der Waals surface area contributed by atoms with Crippen LogP contribution in [0.15, 0.2) is 18.2 Å². The van der Waals surface area contributed by atoms with Gasteiger partial charge >= 0.3 is 0 Å². The van der Waals surface area contributed by atoms with Gasteiger partial charge in [0, 0.05) is 18.3 Å². The molecule has 14 heavy (non-hydrogen) atoms. The molecule has 1 heterocycles. The van der Waals surface area contributed by atoms with Gasteiger partial charge in [0.25, 0.3) is 0 Å². The zero-order valence-electron chi connectivity index (χ0n) is 7.79. The molecule has 0 spiro atoms. The Morgan fingerprint density at radius 3 is 3.07 bits per heavy atom. The van der Waals surface area contributed by atoms with Crippen molar-refractivity contribution < 1.29 is 4.74 Å². The van der Waals surface area contributed by atoms with Crippen LogP contribution in [0.4, 0.5) is 5.69 Å². The lowest BCUT2D eigenvalue weighted by atomic mass is 10.3. The van der Waals surface area contributed by atoms with Crippen LogP contribution in [0.3, 0.4) is 0 Å². The third-order valence-corrected chi connectivity index (χ3v) is 2.58. The average Bonchev–Trinajstić information content (AvgIpc) is 2.64. The average molecular weight is 213 g/mol. The molecule has 2 rings (SSSR count). The molecule has 1 unspecified atom stereocenters. The zero-order chi connectivity index (χ0) is 9.97. The Labute approximate surface area is 88.2 Å². The fraction of sp³-hybridized carbons (Fsp3) is 0.400. The van der Waals surface area contributed by atoms with Crippen LogP contribution in [-0.2, 0) is 0 Å². The predicted molar refractivity (Wildman–Crippen MR) is 57.8 cm³/mol. The molecule has 1 aromatic carbocycles. The molecular weight excluding hydrogens is 200 g/mol. The molecule has 1 aliphatic rings. The number of nitrogens with one attached hydrogen (secondary N) is 1. The molecule has 0 aromatic heterocycles. The quantitative estimate of drug-likeness (QED) is 0.734. The molecule has 0 radical (unpaired) electrons. The first-order valence-corrected chi connectivity index (χ1v) is 5.06. The molecular formula is C10H13ClN2O. The smallest absolute Gasteiger partial charge is 0.140 e. The largest absolute Gasteiger partial charge is 0.487 e. The lowest BCUT2D eigenvalue weighted by Gasteiger charge is -2.13. The van der Waals surface area contributed by atoms with Gasteiger partial charge in [0.1, 0.15) is 11.9 Å². The van der Waals surface area contributed by atoms with Crippen LogP contribution in [0, 0.1) is 0 Å². The Balaban J connectivity index is 2.10. The fourth-order valence-electron chi connectivity index (χ4n) is 1.52. The molecule has 0 bridgehead atoms. The number of hydrogen-bond acceptors (Lipinski definition) is 3. The van der Waals surface area contributed by atoms with E-state index in [1.54, 1.807) is 18.2 Å². The van der Waals surface area contributed by atoms with Crippen LogP contribution in [0.2, 0.25) is 5.02 Å². The van der Waals surface area contributed by atoms with E-state index in [4.69, 9.17) is 22.1 Å². The minimum Gasteiger partial charge on any atom is -0.487 e. The Morgan fingerprint density at radius 1 is 1.50 bits per heavy atom. The van der Waals surface area contributed by atoms with Gasteiger partial charge in [0.2, 0.25) is 0 Å². The van der Waals surface area contributed by atoms with Gasteiger partial charge in [-0.1, -0.05) is 11.6 Å². The van der Waals surface area contributed by atoms with Crippen molar-refractivity contribution in [2.24, 2.45) is 0 Å². The molecule has 1 aliphatic heterocycles. The van der Waals surface area contributed by atoms with Crippen LogP contribution in [0.5, 0.6) is 5.75 Å². The summed E-state index contributed by atoms with van der Waals surface area (Å²) in [5.74, 6) is 0.681. The summed E-state index contributed by atoms with van der Waals surface area (Å²) in [6.07, 6.45) is 1.24. The van der Waals surface area contributed by atoms with Gasteiger partial charge in [-0.2, -0.15) is 0 Å². The summed E-state index contributed by atoms with van der Waals surface area (Å²) in [5.41, 5.74) is 6.32. The Kier molecular flexibility index (Phi) is 2.79. The number of halogens is 1. The second kappa shape index (κ2) is 4.07. The number of nitrogens with two attached hydrogens (primary N) is 1. The molecule has 1 atom stereocenters. The summed E-state index contributed by atoms with van der Waals surface area (Å²) in [7, 11) is 0. The van der Waals surface area contributed by atoms with Crippen molar-refractivity contribution in [1.82, 2.24) is 5.32 Å². The number of benzene rings is 1. The molecule has 4 heteroatoms. The Morgan fingerprint density at radius 2 is 2.36 bits per heavy atom. The van der Waals surface area contributed by atoms with Crippen molar-refractivity contribution in [2.75, 3.05) is 18.8 Å². The number of hydrogen-bond donors (Lipinski definition) is 2. The molecule has 76 valence electrons. The minimum absolute atomic E-state index is 0.217. The third-order valence-electron chi connectivity index (χ3n) is 2.26. The van der Waals surface area contributed by atoms with Crippen molar-refractivity contribution in [3.63, 3.8) is 0 Å². The molecule has 0 amide bonds. The van der Waals surface area contributed by atoms with Crippen LogP contribution in [-0.4, -0.2) is 19.2 Å². The SMILES string of the molecule is Nc1ccc(Cl)c(OC2CCNC2)c1. The monoisotopic (exact) mass is 212 g/mol. The van der Waals surface area contributed by atoms with Crippen LogP contribution in [0.25, 0.3) is 0 Å². The fourth-order valence-corrected chi connectivity index (χ4v) is 1.68. The molecule has 3 nitrogen and oxygen atoms in total. The van der Waals surface area contributed by atoms with Crippen molar-refractivity contribution in [3.05, 3.63) is 23.2 Å². The molecule has 1 fully saturated rings. The van der Waals surface area contributed by atoms with E-state index >= 15 is 0 Å². The highest BCUT2D eigenvalue weighted by Crippen LogP contribution is 2.28. The van der Waals surface area contributed by atoms with Gasteiger partial charge in [0.05, 0.1) is 5.02 Å². The van der Waals surface area contributed by atoms with E-state index < -0.39 is 0 Å². The minimum atomic E-state index is 0.217. The third kappa shape index (κ3) is 2.11. The highest BCUT2D eigenvalue weighted by atomic mass is 35.5. The molecule has 3 N–H and O–H groups in total. The lowest BCUT2D eigenvalue weighted by molar-refractivity contribution is 0.223. The molecule has 0 aliphatic carbocycles. The second-order valence-electron chi connectivity index (χ2n) is 3.42. The van der Waals surface area contributed by atoms with E-state index in [0.717, 1.165) is 19.5 Å². The van der Waals surface area contributed by atoms with Crippen LogP contribution >= 0.6 is 11.6 Å². The van der Waals surface area contributed by atoms with Crippen molar-refractivity contribution in [1.29, 1.82) is 0 Å². The summed E-state index contributed by atoms with van der Waals surface area (Å²) < 4.78 is 5.71. The van der Waals surface area contributed by atoms with Gasteiger partial charge in [0.15, 0.2) is 0 Å². The maximum Gasteiger partial charge on any atom is 0.140 e. The van der Waals surface area contributed by atoms with Crippen molar-refractivity contribution in [2.45, 2.75) is 12.5 Å². The van der Waals surface area contributed by atoms with Gasteiger partial charge in [-0.3, -0.25) is 0 Å². The zero-order valence-corrected chi connectivity index (χ0v) is 8.55. The number of ether oxygens (including phenoxy) is 1. The topological polar surface area (TPSA) is 47.3 Å². The Hall–Kier alpha value is -0.930. The lowest BCUT2D eigenvalue weighted by Crippen LogP contribution is -2.19. The first-order chi connectivity index (χ1) is 6.75. The van der Waals surface area contributed by atoms with Gasteiger partial charge in [-0.15, -0.1) is 0 Å². The highest BCUT2D eigenvalue weighted by Gasteiger charge is 2.17. The maximum absolute atomic E-state index is 5.97. The van der Waals surface area contributed by atoms with E-state index in [-0.39, 0.29) is 6.10 Å². The standard InChI is InChI=1S/C10H13ClN2O/c11-9-2-1-7(12)5-10(9)14-8-3-4-13-6-8/h1-2,5,8,13H,3-4,6,12H2.